The Hall–Kier alpha value is -3.12. The fourth-order valence-electron chi connectivity index (χ4n) is 3.99. The third-order valence-corrected chi connectivity index (χ3v) is 5.77. The van der Waals surface area contributed by atoms with Crippen molar-refractivity contribution in [1.82, 2.24) is 9.80 Å². The SMILES string of the molecule is CCCOc1cccc(N2C(=O)C(c3ccc(C)cc3)=C(N3CCN(C)CC3)C2=O)c1. The molecule has 2 amide bonds. The first-order valence-corrected chi connectivity index (χ1v) is 10.9. The maximum Gasteiger partial charge on any atom is 0.282 e. The van der Waals surface area contributed by atoms with E-state index in [-0.39, 0.29) is 11.8 Å². The first kappa shape index (κ1) is 21.1. The maximum atomic E-state index is 13.6. The molecule has 31 heavy (non-hydrogen) atoms. The Morgan fingerprint density at radius 1 is 0.935 bits per heavy atom. The Bertz CT molecular complexity index is 1000. The summed E-state index contributed by atoms with van der Waals surface area (Å²) in [4.78, 5) is 32.8. The zero-order valence-electron chi connectivity index (χ0n) is 18.4. The van der Waals surface area contributed by atoms with Crippen LogP contribution < -0.4 is 9.64 Å². The van der Waals surface area contributed by atoms with E-state index in [9.17, 15) is 9.59 Å². The standard InChI is InChI=1S/C25H29N3O3/c1-4-16-31-21-7-5-6-20(17-21)28-24(29)22(19-10-8-18(2)9-11-19)23(25(28)30)27-14-12-26(3)13-15-27/h5-11,17H,4,12-16H2,1-3H3. The lowest BCUT2D eigenvalue weighted by atomic mass is 10.0. The van der Waals surface area contributed by atoms with Crippen LogP contribution >= 0.6 is 0 Å². The lowest BCUT2D eigenvalue weighted by Gasteiger charge is -2.34. The van der Waals surface area contributed by atoms with E-state index < -0.39 is 0 Å². The molecule has 6 heteroatoms. The average Bonchev–Trinajstić information content (AvgIpc) is 3.03. The first-order chi connectivity index (χ1) is 15.0. The highest BCUT2D eigenvalue weighted by Crippen LogP contribution is 2.36. The van der Waals surface area contributed by atoms with E-state index in [0.29, 0.717) is 42.4 Å². The van der Waals surface area contributed by atoms with E-state index in [0.717, 1.165) is 30.6 Å². The second kappa shape index (κ2) is 8.94. The van der Waals surface area contributed by atoms with Crippen LogP contribution in [-0.2, 0) is 9.59 Å². The largest absolute Gasteiger partial charge is 0.494 e. The van der Waals surface area contributed by atoms with Gasteiger partial charge in [0.05, 0.1) is 17.9 Å². The van der Waals surface area contributed by atoms with Crippen molar-refractivity contribution in [3.63, 3.8) is 0 Å². The summed E-state index contributed by atoms with van der Waals surface area (Å²) in [5.74, 6) is 0.109. The lowest BCUT2D eigenvalue weighted by molar-refractivity contribution is -0.120. The van der Waals surface area contributed by atoms with Crippen LogP contribution in [0.2, 0.25) is 0 Å². The topological polar surface area (TPSA) is 53.1 Å². The normalized spacial score (nSPS) is 17.6. The van der Waals surface area contributed by atoms with Gasteiger partial charge in [0.1, 0.15) is 11.4 Å². The molecule has 0 radical (unpaired) electrons. The number of carbonyl (C=O) groups is 2. The van der Waals surface area contributed by atoms with E-state index in [4.69, 9.17) is 4.74 Å². The number of hydrogen-bond acceptors (Lipinski definition) is 5. The van der Waals surface area contributed by atoms with Gasteiger partial charge in [0, 0.05) is 32.2 Å². The van der Waals surface area contributed by atoms with Crippen molar-refractivity contribution < 1.29 is 14.3 Å². The van der Waals surface area contributed by atoms with Gasteiger partial charge in [-0.05, 0) is 38.1 Å². The molecule has 162 valence electrons. The number of hydrogen-bond donors (Lipinski definition) is 0. The van der Waals surface area contributed by atoms with Gasteiger partial charge >= 0.3 is 0 Å². The number of rotatable bonds is 6. The van der Waals surface area contributed by atoms with Crippen molar-refractivity contribution in [2.45, 2.75) is 20.3 Å². The maximum absolute atomic E-state index is 13.6. The summed E-state index contributed by atoms with van der Waals surface area (Å²) < 4.78 is 5.73. The molecule has 0 atom stereocenters. The van der Waals surface area contributed by atoms with Crippen LogP contribution in [0.1, 0.15) is 24.5 Å². The second-order valence-electron chi connectivity index (χ2n) is 8.17. The Balaban J connectivity index is 1.74. The number of benzene rings is 2. The molecule has 0 bridgehead atoms. The minimum absolute atomic E-state index is 0.266. The van der Waals surface area contributed by atoms with Crippen molar-refractivity contribution >= 4 is 23.1 Å². The first-order valence-electron chi connectivity index (χ1n) is 10.9. The molecular formula is C25H29N3O3. The number of likely N-dealkylation sites (N-methyl/N-ethyl adjacent to an activating group) is 1. The second-order valence-corrected chi connectivity index (χ2v) is 8.17. The number of piperazine rings is 1. The van der Waals surface area contributed by atoms with Gasteiger partial charge in [-0.15, -0.1) is 0 Å². The smallest absolute Gasteiger partial charge is 0.282 e. The Labute approximate surface area is 183 Å². The van der Waals surface area contributed by atoms with Crippen LogP contribution in [0.4, 0.5) is 5.69 Å². The van der Waals surface area contributed by atoms with Gasteiger partial charge in [-0.1, -0.05) is 42.8 Å². The molecular weight excluding hydrogens is 390 g/mol. The zero-order valence-corrected chi connectivity index (χ0v) is 18.4. The molecule has 2 aromatic carbocycles. The summed E-state index contributed by atoms with van der Waals surface area (Å²) in [5.41, 5.74) is 3.41. The number of aryl methyl sites for hydroxylation is 1. The predicted octanol–water partition coefficient (Wildman–Crippen LogP) is 3.32. The van der Waals surface area contributed by atoms with Gasteiger partial charge in [0.15, 0.2) is 0 Å². The van der Waals surface area contributed by atoms with Crippen LogP contribution in [0.5, 0.6) is 5.75 Å². The minimum atomic E-state index is -0.282. The fraction of sp³-hybridized carbons (Fsp3) is 0.360. The number of amides is 2. The molecule has 2 heterocycles. The lowest BCUT2D eigenvalue weighted by Crippen LogP contribution is -2.46. The number of carbonyl (C=O) groups excluding carboxylic acids is 2. The fourth-order valence-corrected chi connectivity index (χ4v) is 3.99. The highest BCUT2D eigenvalue weighted by Gasteiger charge is 2.43. The average molecular weight is 420 g/mol. The van der Waals surface area contributed by atoms with Crippen LogP contribution in [0, 0.1) is 6.92 Å². The minimum Gasteiger partial charge on any atom is -0.494 e. The Kier molecular flexibility index (Phi) is 6.09. The molecule has 1 fully saturated rings. The quantitative estimate of drug-likeness (QED) is 0.673. The third-order valence-electron chi connectivity index (χ3n) is 5.77. The third kappa shape index (κ3) is 4.21. The van der Waals surface area contributed by atoms with Gasteiger partial charge in [-0.3, -0.25) is 9.59 Å². The van der Waals surface area contributed by atoms with Gasteiger partial charge in [-0.2, -0.15) is 0 Å². The molecule has 1 saturated heterocycles. The van der Waals surface area contributed by atoms with Gasteiger partial charge in [0.25, 0.3) is 11.8 Å². The van der Waals surface area contributed by atoms with E-state index >= 15 is 0 Å². The van der Waals surface area contributed by atoms with Crippen LogP contribution in [0.25, 0.3) is 5.57 Å². The van der Waals surface area contributed by atoms with Crippen molar-refractivity contribution in [2.24, 2.45) is 0 Å². The molecule has 0 unspecified atom stereocenters. The highest BCUT2D eigenvalue weighted by molar-refractivity contribution is 6.45. The molecule has 0 saturated carbocycles. The summed E-state index contributed by atoms with van der Waals surface area (Å²) in [7, 11) is 2.07. The molecule has 2 aromatic rings. The van der Waals surface area contributed by atoms with Crippen molar-refractivity contribution in [3.05, 3.63) is 65.4 Å². The molecule has 0 aliphatic carbocycles. The Morgan fingerprint density at radius 2 is 1.65 bits per heavy atom. The number of ether oxygens (including phenoxy) is 1. The number of nitrogens with zero attached hydrogens (tertiary/aromatic N) is 3. The van der Waals surface area contributed by atoms with Crippen molar-refractivity contribution in [3.8, 4) is 5.75 Å². The molecule has 2 aliphatic rings. The molecule has 0 aromatic heterocycles. The molecule has 4 rings (SSSR count). The van der Waals surface area contributed by atoms with Crippen LogP contribution in [0.3, 0.4) is 0 Å². The highest BCUT2D eigenvalue weighted by atomic mass is 16.5. The number of anilines is 1. The number of imide groups is 1. The summed E-state index contributed by atoms with van der Waals surface area (Å²) in [6, 6.07) is 15.0. The zero-order chi connectivity index (χ0) is 22.0. The van der Waals surface area contributed by atoms with Crippen LogP contribution in [0.15, 0.2) is 54.2 Å². The summed E-state index contributed by atoms with van der Waals surface area (Å²) in [5, 5.41) is 0. The molecule has 6 nitrogen and oxygen atoms in total. The van der Waals surface area contributed by atoms with Crippen LogP contribution in [-0.4, -0.2) is 61.4 Å². The summed E-state index contributed by atoms with van der Waals surface area (Å²) >= 11 is 0. The monoisotopic (exact) mass is 419 g/mol. The van der Waals surface area contributed by atoms with E-state index in [2.05, 4.69) is 16.8 Å². The molecule has 0 N–H and O–H groups in total. The van der Waals surface area contributed by atoms with Gasteiger partial charge in [0.2, 0.25) is 0 Å². The van der Waals surface area contributed by atoms with Crippen molar-refractivity contribution in [2.75, 3.05) is 44.7 Å². The Morgan fingerprint density at radius 3 is 2.32 bits per heavy atom. The predicted molar refractivity (Wildman–Crippen MR) is 122 cm³/mol. The van der Waals surface area contributed by atoms with Gasteiger partial charge in [-0.25, -0.2) is 4.90 Å². The van der Waals surface area contributed by atoms with E-state index in [1.807, 2.05) is 50.2 Å². The van der Waals surface area contributed by atoms with Crippen molar-refractivity contribution in [1.29, 1.82) is 0 Å². The van der Waals surface area contributed by atoms with E-state index in [1.165, 1.54) is 4.90 Å². The summed E-state index contributed by atoms with van der Waals surface area (Å²) in [6.07, 6.45) is 0.887. The summed E-state index contributed by atoms with van der Waals surface area (Å²) in [6.45, 7) is 7.78. The van der Waals surface area contributed by atoms with Gasteiger partial charge < -0.3 is 14.5 Å². The van der Waals surface area contributed by atoms with E-state index in [1.54, 1.807) is 12.1 Å². The molecule has 2 aliphatic heterocycles. The molecule has 0 spiro atoms.